The number of carbonyl (C=O) groups excluding carboxylic acids is 3. The van der Waals surface area contributed by atoms with Crippen molar-refractivity contribution in [2.24, 2.45) is 61.9 Å². The number of carbonyl (C=O) groups is 3. The number of nitriles is 1. The maximum atomic E-state index is 13.9. The van der Waals surface area contributed by atoms with E-state index in [1.165, 1.54) is 0 Å². The van der Waals surface area contributed by atoms with Crippen molar-refractivity contribution in [1.82, 2.24) is 0 Å². The Kier molecular flexibility index (Phi) is 5.61. The highest BCUT2D eigenvalue weighted by Gasteiger charge is 2.70. The summed E-state index contributed by atoms with van der Waals surface area (Å²) >= 11 is 0. The van der Waals surface area contributed by atoms with Crippen molar-refractivity contribution in [2.75, 3.05) is 0 Å². The van der Waals surface area contributed by atoms with Crippen molar-refractivity contribution >= 4 is 17.5 Å². The van der Waals surface area contributed by atoms with Crippen molar-refractivity contribution < 1.29 is 14.4 Å². The first-order valence-electron chi connectivity index (χ1n) is 14.5. The summed E-state index contributed by atoms with van der Waals surface area (Å²) in [5, 5.41) is 9.91. The van der Waals surface area contributed by atoms with E-state index in [9.17, 15) is 19.6 Å². The van der Waals surface area contributed by atoms with Crippen LogP contribution in [0.1, 0.15) is 106 Å². The van der Waals surface area contributed by atoms with Gasteiger partial charge in [0.25, 0.3) is 0 Å². The van der Waals surface area contributed by atoms with E-state index in [1.807, 2.05) is 19.9 Å². The van der Waals surface area contributed by atoms with Crippen molar-refractivity contribution in [2.45, 2.75) is 106 Å². The van der Waals surface area contributed by atoms with Crippen LogP contribution < -0.4 is 5.73 Å². The molecule has 0 aromatic heterocycles. The molecule has 8 atom stereocenters. The highest BCUT2D eigenvalue weighted by atomic mass is 16.1. The van der Waals surface area contributed by atoms with Gasteiger partial charge in [0.2, 0.25) is 5.91 Å². The third-order valence-electron chi connectivity index (χ3n) is 13.3. The second-order valence-corrected chi connectivity index (χ2v) is 15.6. The molecule has 2 N–H and O–H groups in total. The normalized spacial score (nSPS) is 48.2. The van der Waals surface area contributed by atoms with E-state index >= 15 is 0 Å². The number of nitrogens with two attached hydrogens (primary N) is 1. The maximum absolute atomic E-state index is 13.9. The van der Waals surface area contributed by atoms with Gasteiger partial charge in [0.15, 0.2) is 5.78 Å². The molecule has 0 radical (unpaired) electrons. The molecular formula is C32H46N2O3. The zero-order chi connectivity index (χ0) is 27.4. The van der Waals surface area contributed by atoms with Crippen molar-refractivity contribution in [3.8, 4) is 6.07 Å². The summed E-state index contributed by atoms with van der Waals surface area (Å²) in [6, 6.07) is 2.21. The van der Waals surface area contributed by atoms with Crippen LogP contribution >= 0.6 is 0 Å². The molecule has 37 heavy (non-hydrogen) atoms. The minimum Gasteiger partial charge on any atom is -0.369 e. The van der Waals surface area contributed by atoms with Gasteiger partial charge in [-0.15, -0.1) is 0 Å². The number of amides is 1. The number of Topliss-reactive ketones (excluding diaryl/α,β-unsaturated/α-hetero) is 2. The van der Waals surface area contributed by atoms with Crippen LogP contribution in [0, 0.1) is 67.5 Å². The SMILES string of the molecule is CC1(C)CC[C@]2(C(N)=O)CC[C@]3(C)C(CC(=O)CC4[C@@]5(C)C=C(C#N)C(=O)C(C)(C)C5CC[C@]43C)C2C1. The fraction of sp³-hybridized carbons (Fsp3) is 0.812. The van der Waals surface area contributed by atoms with Crippen molar-refractivity contribution in [3.05, 3.63) is 11.6 Å². The molecule has 0 heterocycles. The molecule has 5 rings (SSSR count). The summed E-state index contributed by atoms with van der Waals surface area (Å²) in [6.07, 6.45) is 9.28. The average molecular weight is 507 g/mol. The van der Waals surface area contributed by atoms with E-state index in [1.54, 1.807) is 0 Å². The number of allylic oxidation sites excluding steroid dienone is 2. The predicted molar refractivity (Wildman–Crippen MR) is 143 cm³/mol. The molecule has 0 bridgehead atoms. The third kappa shape index (κ3) is 3.29. The second kappa shape index (κ2) is 7.80. The number of nitrogens with zero attached hydrogens (tertiary/aromatic N) is 1. The van der Waals surface area contributed by atoms with E-state index in [2.05, 4.69) is 40.7 Å². The Balaban J connectivity index is 1.67. The van der Waals surface area contributed by atoms with Gasteiger partial charge in [-0.2, -0.15) is 5.26 Å². The largest absolute Gasteiger partial charge is 0.369 e. The maximum Gasteiger partial charge on any atom is 0.223 e. The van der Waals surface area contributed by atoms with Gasteiger partial charge in [-0.05, 0) is 90.3 Å². The Morgan fingerprint density at radius 2 is 1.54 bits per heavy atom. The minimum atomic E-state index is -0.632. The first-order chi connectivity index (χ1) is 17.0. The van der Waals surface area contributed by atoms with Crippen LogP contribution in [0.15, 0.2) is 11.6 Å². The smallest absolute Gasteiger partial charge is 0.223 e. The van der Waals surface area contributed by atoms with E-state index in [-0.39, 0.29) is 63.0 Å². The molecule has 202 valence electrons. The Morgan fingerprint density at radius 1 is 0.892 bits per heavy atom. The zero-order valence-corrected chi connectivity index (χ0v) is 24.0. The monoisotopic (exact) mass is 506 g/mol. The first-order valence-corrected chi connectivity index (χ1v) is 14.5. The lowest BCUT2D eigenvalue weighted by Crippen LogP contribution is -2.64. The summed E-state index contributed by atoms with van der Waals surface area (Å²) in [5.41, 5.74) is 4.76. The van der Waals surface area contributed by atoms with Crippen LogP contribution in [-0.4, -0.2) is 17.5 Å². The Labute approximate surface area is 223 Å². The lowest BCUT2D eigenvalue weighted by Gasteiger charge is -2.68. The topological polar surface area (TPSA) is 101 Å². The molecule has 5 aliphatic carbocycles. The molecule has 0 aromatic carbocycles. The van der Waals surface area contributed by atoms with Gasteiger partial charge < -0.3 is 5.73 Å². The Hall–Kier alpha value is -1.96. The fourth-order valence-corrected chi connectivity index (χ4v) is 10.9. The quantitative estimate of drug-likeness (QED) is 0.460. The molecule has 1 amide bonds. The van der Waals surface area contributed by atoms with Gasteiger partial charge in [0.05, 0.1) is 11.0 Å². The molecule has 0 saturated heterocycles. The number of hydrogen-bond acceptors (Lipinski definition) is 4. The molecule has 4 fully saturated rings. The summed E-state index contributed by atoms with van der Waals surface area (Å²) < 4.78 is 0. The third-order valence-corrected chi connectivity index (χ3v) is 13.3. The van der Waals surface area contributed by atoms with Crippen molar-refractivity contribution in [1.29, 1.82) is 5.26 Å². The number of hydrogen-bond donors (Lipinski definition) is 1. The molecule has 5 nitrogen and oxygen atoms in total. The van der Waals surface area contributed by atoms with Crippen molar-refractivity contribution in [3.63, 3.8) is 0 Å². The molecule has 5 heteroatoms. The van der Waals surface area contributed by atoms with Gasteiger partial charge in [-0.25, -0.2) is 0 Å². The summed E-state index contributed by atoms with van der Waals surface area (Å²) in [7, 11) is 0. The van der Waals surface area contributed by atoms with E-state index in [0.717, 1.165) is 44.9 Å². The Bertz CT molecular complexity index is 1140. The lowest BCUT2D eigenvalue weighted by atomic mass is 9.35. The van der Waals surface area contributed by atoms with Gasteiger partial charge in [-0.1, -0.05) is 54.5 Å². The first kappa shape index (κ1) is 26.6. The highest BCUT2D eigenvalue weighted by Crippen LogP contribution is 2.74. The molecule has 0 spiro atoms. The molecule has 4 unspecified atom stereocenters. The van der Waals surface area contributed by atoms with Crippen LogP contribution in [0.5, 0.6) is 0 Å². The molecule has 0 aliphatic heterocycles. The van der Waals surface area contributed by atoms with Crippen LogP contribution in [0.3, 0.4) is 0 Å². The van der Waals surface area contributed by atoms with Gasteiger partial charge in [0, 0.05) is 18.3 Å². The van der Waals surface area contributed by atoms with E-state index in [4.69, 9.17) is 5.73 Å². The Morgan fingerprint density at radius 3 is 2.16 bits per heavy atom. The number of rotatable bonds is 1. The van der Waals surface area contributed by atoms with Gasteiger partial charge in [0.1, 0.15) is 11.9 Å². The number of fused-ring (bicyclic) bond motifs is 7. The predicted octanol–water partition coefficient (Wildman–Crippen LogP) is 6.16. The average Bonchev–Trinajstić information content (AvgIpc) is 2.89. The number of primary amides is 1. The summed E-state index contributed by atoms with van der Waals surface area (Å²) in [5.74, 6) is 0.432. The van der Waals surface area contributed by atoms with E-state index < -0.39 is 16.2 Å². The van der Waals surface area contributed by atoms with E-state index in [0.29, 0.717) is 12.8 Å². The standard InChI is InChI=1S/C32H46N2O3/c1-27(2)10-12-32(26(34)37)13-11-30(6)21(22(32)17-27)14-20(35)15-24-29(5)16-19(18-33)25(36)28(3,4)23(29)8-9-31(24,30)7/h16,21-24H,8-15,17H2,1-7H3,(H2,34,37)/t21?,22?,23?,24?,29-,30+,31+,32-/m0/s1. The fourth-order valence-electron chi connectivity index (χ4n) is 10.9. The lowest BCUT2D eigenvalue weighted by molar-refractivity contribution is -0.196. The summed E-state index contributed by atoms with van der Waals surface area (Å²) in [6.45, 7) is 15.6. The van der Waals surface area contributed by atoms with Crippen LogP contribution in [0.4, 0.5) is 0 Å². The van der Waals surface area contributed by atoms with Crippen LogP contribution in [-0.2, 0) is 14.4 Å². The minimum absolute atomic E-state index is 0.0506. The molecule has 5 aliphatic rings. The second-order valence-electron chi connectivity index (χ2n) is 15.6. The van der Waals surface area contributed by atoms with Crippen LogP contribution in [0.2, 0.25) is 0 Å². The van der Waals surface area contributed by atoms with Crippen LogP contribution in [0.25, 0.3) is 0 Å². The number of ketones is 2. The zero-order valence-electron chi connectivity index (χ0n) is 24.0. The molecule has 4 saturated carbocycles. The van der Waals surface area contributed by atoms with Gasteiger partial charge in [-0.3, -0.25) is 14.4 Å². The summed E-state index contributed by atoms with van der Waals surface area (Å²) in [4.78, 5) is 40.3. The highest BCUT2D eigenvalue weighted by molar-refractivity contribution is 6.04. The van der Waals surface area contributed by atoms with Gasteiger partial charge >= 0.3 is 0 Å². The molecule has 0 aromatic rings. The molecular weight excluding hydrogens is 460 g/mol.